The molecule has 1 atom stereocenters. The molecule has 94 valence electrons. The van der Waals surface area contributed by atoms with E-state index >= 15 is 0 Å². The van der Waals surface area contributed by atoms with Gasteiger partial charge < -0.3 is 10.6 Å². The lowest BCUT2D eigenvalue weighted by Gasteiger charge is -2.19. The molecule has 1 saturated heterocycles. The normalized spacial score (nSPS) is 19.7. The molecule has 1 aliphatic heterocycles. The third-order valence-electron chi connectivity index (χ3n) is 3.77. The number of aromatic nitrogens is 2. The molecule has 18 heavy (non-hydrogen) atoms. The van der Waals surface area contributed by atoms with Gasteiger partial charge in [0.1, 0.15) is 0 Å². The summed E-state index contributed by atoms with van der Waals surface area (Å²) >= 11 is 0. The monoisotopic (exact) mass is 242 g/mol. The fraction of sp³-hybridized carbons (Fsp3) is 0.429. The van der Waals surface area contributed by atoms with E-state index in [4.69, 9.17) is 5.73 Å². The Kier molecular flexibility index (Phi) is 2.88. The Morgan fingerprint density at radius 2 is 2.06 bits per heavy atom. The molecular formula is C14H18N4. The van der Waals surface area contributed by atoms with Gasteiger partial charge in [-0.2, -0.15) is 5.10 Å². The van der Waals surface area contributed by atoms with Crippen molar-refractivity contribution in [3.8, 4) is 0 Å². The van der Waals surface area contributed by atoms with E-state index in [1.165, 1.54) is 10.8 Å². The minimum Gasteiger partial charge on any atom is -0.354 e. The van der Waals surface area contributed by atoms with Crippen LogP contribution in [0, 0.1) is 12.8 Å². The van der Waals surface area contributed by atoms with Crippen LogP contribution in [0.1, 0.15) is 12.1 Å². The van der Waals surface area contributed by atoms with Gasteiger partial charge in [0.25, 0.3) is 0 Å². The van der Waals surface area contributed by atoms with Crippen molar-refractivity contribution in [3.05, 3.63) is 30.0 Å². The van der Waals surface area contributed by atoms with Gasteiger partial charge in [-0.05, 0) is 25.8 Å². The van der Waals surface area contributed by atoms with E-state index in [0.717, 1.165) is 37.6 Å². The summed E-state index contributed by atoms with van der Waals surface area (Å²) in [6.45, 7) is 4.79. The van der Waals surface area contributed by atoms with E-state index in [0.29, 0.717) is 5.92 Å². The third-order valence-corrected chi connectivity index (χ3v) is 3.77. The van der Waals surface area contributed by atoms with Crippen molar-refractivity contribution in [3.63, 3.8) is 0 Å². The molecule has 0 aliphatic carbocycles. The van der Waals surface area contributed by atoms with E-state index < -0.39 is 0 Å². The van der Waals surface area contributed by atoms with E-state index in [1.807, 2.05) is 13.0 Å². The first-order valence-corrected chi connectivity index (χ1v) is 6.46. The maximum atomic E-state index is 5.75. The number of anilines is 1. The lowest BCUT2D eigenvalue weighted by Crippen LogP contribution is -2.24. The number of aryl methyl sites for hydroxylation is 1. The molecule has 0 saturated carbocycles. The van der Waals surface area contributed by atoms with Gasteiger partial charge in [0.05, 0.1) is 5.69 Å². The zero-order chi connectivity index (χ0) is 12.5. The summed E-state index contributed by atoms with van der Waals surface area (Å²) in [5, 5.41) is 11.1. The largest absolute Gasteiger partial charge is 0.354 e. The van der Waals surface area contributed by atoms with Crippen LogP contribution in [0.5, 0.6) is 0 Å². The minimum atomic E-state index is 0.590. The fourth-order valence-corrected chi connectivity index (χ4v) is 2.67. The molecule has 1 aliphatic rings. The summed E-state index contributed by atoms with van der Waals surface area (Å²) in [7, 11) is 0. The highest BCUT2D eigenvalue weighted by atomic mass is 15.3. The Hall–Kier alpha value is -1.68. The lowest BCUT2D eigenvalue weighted by molar-refractivity contribution is 0.602. The van der Waals surface area contributed by atoms with Gasteiger partial charge in [0.15, 0.2) is 5.82 Å². The molecule has 4 nitrogen and oxygen atoms in total. The fourth-order valence-electron chi connectivity index (χ4n) is 2.67. The van der Waals surface area contributed by atoms with Gasteiger partial charge in [0.2, 0.25) is 0 Å². The van der Waals surface area contributed by atoms with Crippen LogP contribution in [0.4, 0.5) is 5.82 Å². The molecule has 0 bridgehead atoms. The zero-order valence-corrected chi connectivity index (χ0v) is 10.6. The zero-order valence-electron chi connectivity index (χ0n) is 10.6. The van der Waals surface area contributed by atoms with Crippen molar-refractivity contribution in [1.82, 2.24) is 10.2 Å². The molecule has 2 N–H and O–H groups in total. The van der Waals surface area contributed by atoms with Gasteiger partial charge in [-0.25, -0.2) is 0 Å². The molecule has 4 heteroatoms. The van der Waals surface area contributed by atoms with Crippen LogP contribution >= 0.6 is 0 Å². The standard InChI is InChI=1S/C14H18N4/c1-10-12-4-2-3-5-13(12)14(17-16-10)18-7-6-11(8-15)9-18/h2-5,11H,6-9,15H2,1H3. The molecule has 1 aromatic carbocycles. The van der Waals surface area contributed by atoms with Crippen LogP contribution in [0.3, 0.4) is 0 Å². The lowest BCUT2D eigenvalue weighted by atomic mass is 10.1. The Morgan fingerprint density at radius 1 is 1.28 bits per heavy atom. The van der Waals surface area contributed by atoms with E-state index in [-0.39, 0.29) is 0 Å². The van der Waals surface area contributed by atoms with Crippen LogP contribution in [0.2, 0.25) is 0 Å². The van der Waals surface area contributed by atoms with Gasteiger partial charge in [-0.15, -0.1) is 5.10 Å². The highest BCUT2D eigenvalue weighted by molar-refractivity contribution is 5.93. The predicted molar refractivity (Wildman–Crippen MR) is 73.6 cm³/mol. The van der Waals surface area contributed by atoms with Crippen LogP contribution in [0.25, 0.3) is 10.8 Å². The van der Waals surface area contributed by atoms with Crippen molar-refractivity contribution in [1.29, 1.82) is 0 Å². The number of rotatable bonds is 2. The molecule has 2 heterocycles. The summed E-state index contributed by atoms with van der Waals surface area (Å²) in [5.74, 6) is 1.60. The van der Waals surface area contributed by atoms with E-state index in [2.05, 4.69) is 33.3 Å². The molecule has 0 amide bonds. The minimum absolute atomic E-state index is 0.590. The van der Waals surface area contributed by atoms with Crippen molar-refractivity contribution in [2.75, 3.05) is 24.5 Å². The maximum absolute atomic E-state index is 5.75. The Bertz CT molecular complexity index is 567. The van der Waals surface area contributed by atoms with E-state index in [9.17, 15) is 0 Å². The molecular weight excluding hydrogens is 224 g/mol. The van der Waals surface area contributed by atoms with Crippen LogP contribution in [0.15, 0.2) is 24.3 Å². The summed E-state index contributed by atoms with van der Waals surface area (Å²) in [6, 6.07) is 8.35. The number of nitrogens with zero attached hydrogens (tertiary/aromatic N) is 3. The SMILES string of the molecule is Cc1nnc(N2CCC(CN)C2)c2ccccc12. The molecule has 2 aromatic rings. The quantitative estimate of drug-likeness (QED) is 0.871. The summed E-state index contributed by atoms with van der Waals surface area (Å²) in [5.41, 5.74) is 6.74. The summed E-state index contributed by atoms with van der Waals surface area (Å²) < 4.78 is 0. The van der Waals surface area contributed by atoms with Gasteiger partial charge >= 0.3 is 0 Å². The smallest absolute Gasteiger partial charge is 0.159 e. The Balaban J connectivity index is 2.05. The second-order valence-corrected chi connectivity index (χ2v) is 4.99. The van der Waals surface area contributed by atoms with Crippen molar-refractivity contribution in [2.24, 2.45) is 11.7 Å². The number of hydrogen-bond acceptors (Lipinski definition) is 4. The molecule has 0 spiro atoms. The number of hydrogen-bond donors (Lipinski definition) is 1. The highest BCUT2D eigenvalue weighted by Crippen LogP contribution is 2.29. The summed E-state index contributed by atoms with van der Waals surface area (Å²) in [4.78, 5) is 2.31. The Morgan fingerprint density at radius 3 is 2.78 bits per heavy atom. The highest BCUT2D eigenvalue weighted by Gasteiger charge is 2.24. The van der Waals surface area contributed by atoms with Gasteiger partial charge in [-0.1, -0.05) is 24.3 Å². The maximum Gasteiger partial charge on any atom is 0.159 e. The molecule has 1 fully saturated rings. The summed E-state index contributed by atoms with van der Waals surface area (Å²) in [6.07, 6.45) is 1.15. The van der Waals surface area contributed by atoms with Crippen LogP contribution < -0.4 is 10.6 Å². The predicted octanol–water partition coefficient (Wildman–Crippen LogP) is 1.72. The molecule has 1 aromatic heterocycles. The van der Waals surface area contributed by atoms with Crippen LogP contribution in [-0.4, -0.2) is 29.8 Å². The van der Waals surface area contributed by atoms with Gasteiger partial charge in [-0.3, -0.25) is 0 Å². The first kappa shape index (κ1) is 11.4. The molecule has 3 rings (SSSR count). The topological polar surface area (TPSA) is 55.0 Å². The number of benzene rings is 1. The average Bonchev–Trinajstić information content (AvgIpc) is 2.88. The van der Waals surface area contributed by atoms with E-state index in [1.54, 1.807) is 0 Å². The second kappa shape index (κ2) is 4.53. The molecule has 1 unspecified atom stereocenters. The number of nitrogens with two attached hydrogens (primary N) is 1. The van der Waals surface area contributed by atoms with Gasteiger partial charge in [0, 0.05) is 23.9 Å². The second-order valence-electron chi connectivity index (χ2n) is 4.99. The first-order valence-electron chi connectivity index (χ1n) is 6.46. The Labute approximate surface area is 107 Å². The average molecular weight is 242 g/mol. The van der Waals surface area contributed by atoms with Crippen molar-refractivity contribution < 1.29 is 0 Å². The first-order chi connectivity index (χ1) is 8.79. The molecule has 0 radical (unpaired) electrons. The van der Waals surface area contributed by atoms with Crippen molar-refractivity contribution in [2.45, 2.75) is 13.3 Å². The third kappa shape index (κ3) is 1.82. The van der Waals surface area contributed by atoms with Crippen LogP contribution in [-0.2, 0) is 0 Å². The van der Waals surface area contributed by atoms with Crippen molar-refractivity contribution >= 4 is 16.6 Å². The number of fused-ring (bicyclic) bond motifs is 1.